The van der Waals surface area contributed by atoms with Crippen LogP contribution in [0.5, 0.6) is 11.5 Å². The molecule has 2 aliphatic heterocycles. The fourth-order valence-corrected chi connectivity index (χ4v) is 3.60. The number of nitrogens with zero attached hydrogens (tertiary/aromatic N) is 2. The molecule has 1 N–H and O–H groups in total. The Kier molecular flexibility index (Phi) is 4.34. The third-order valence-electron chi connectivity index (χ3n) is 4.90. The number of aromatic nitrogens is 2. The first-order valence-corrected chi connectivity index (χ1v) is 8.92. The van der Waals surface area contributed by atoms with Gasteiger partial charge in [-0.2, -0.15) is 0 Å². The van der Waals surface area contributed by atoms with Crippen molar-refractivity contribution in [2.45, 2.75) is 38.8 Å². The SMILES string of the molecule is CCOc1ccc2c(c1)C[C@H](C(=O)N[C@@H]1CCc3nccn3C1)CO2. The Balaban J connectivity index is 1.39. The number of fused-ring (bicyclic) bond motifs is 2. The van der Waals surface area contributed by atoms with Crippen LogP contribution in [0.15, 0.2) is 30.6 Å². The van der Waals surface area contributed by atoms with Crippen molar-refractivity contribution in [3.63, 3.8) is 0 Å². The number of hydrogen-bond acceptors (Lipinski definition) is 4. The van der Waals surface area contributed by atoms with E-state index in [0.717, 1.165) is 42.3 Å². The first-order chi connectivity index (χ1) is 12.2. The van der Waals surface area contributed by atoms with E-state index in [-0.39, 0.29) is 17.9 Å². The van der Waals surface area contributed by atoms with E-state index in [1.54, 1.807) is 0 Å². The molecule has 0 unspecified atom stereocenters. The van der Waals surface area contributed by atoms with Crippen LogP contribution in [0.25, 0.3) is 0 Å². The maximum absolute atomic E-state index is 12.7. The van der Waals surface area contributed by atoms with Gasteiger partial charge < -0.3 is 19.4 Å². The second-order valence-corrected chi connectivity index (χ2v) is 6.65. The summed E-state index contributed by atoms with van der Waals surface area (Å²) in [6, 6.07) is 5.98. The van der Waals surface area contributed by atoms with Crippen LogP contribution in [0.3, 0.4) is 0 Å². The number of aryl methyl sites for hydroxylation is 1. The van der Waals surface area contributed by atoms with Crippen molar-refractivity contribution >= 4 is 5.91 Å². The summed E-state index contributed by atoms with van der Waals surface area (Å²) in [7, 11) is 0. The Morgan fingerprint density at radius 2 is 2.40 bits per heavy atom. The fraction of sp³-hybridized carbons (Fsp3) is 0.474. The van der Waals surface area contributed by atoms with Crippen molar-refractivity contribution in [2.24, 2.45) is 5.92 Å². The van der Waals surface area contributed by atoms with E-state index < -0.39 is 0 Å². The minimum atomic E-state index is -0.159. The molecule has 2 aromatic rings. The zero-order chi connectivity index (χ0) is 17.2. The van der Waals surface area contributed by atoms with Gasteiger partial charge in [0.15, 0.2) is 0 Å². The predicted octanol–water partition coefficient (Wildman–Crippen LogP) is 1.96. The van der Waals surface area contributed by atoms with Crippen molar-refractivity contribution < 1.29 is 14.3 Å². The van der Waals surface area contributed by atoms with Crippen LogP contribution in [-0.4, -0.2) is 34.7 Å². The first kappa shape index (κ1) is 16.0. The van der Waals surface area contributed by atoms with Crippen LogP contribution in [0.2, 0.25) is 0 Å². The lowest BCUT2D eigenvalue weighted by Crippen LogP contribution is -2.46. The molecule has 2 aliphatic rings. The Hall–Kier alpha value is -2.50. The number of hydrogen-bond donors (Lipinski definition) is 1. The Labute approximate surface area is 147 Å². The van der Waals surface area contributed by atoms with E-state index in [9.17, 15) is 4.79 Å². The molecule has 0 radical (unpaired) electrons. The molecule has 2 atom stereocenters. The molecule has 0 saturated carbocycles. The van der Waals surface area contributed by atoms with Gasteiger partial charge >= 0.3 is 0 Å². The topological polar surface area (TPSA) is 65.4 Å². The maximum atomic E-state index is 12.7. The minimum absolute atomic E-state index is 0.0704. The molecule has 6 nitrogen and oxygen atoms in total. The summed E-state index contributed by atoms with van der Waals surface area (Å²) in [6.07, 6.45) is 6.32. The quantitative estimate of drug-likeness (QED) is 0.923. The van der Waals surface area contributed by atoms with Crippen LogP contribution in [0.4, 0.5) is 0 Å². The second kappa shape index (κ2) is 6.78. The van der Waals surface area contributed by atoms with Crippen molar-refractivity contribution in [1.82, 2.24) is 14.9 Å². The van der Waals surface area contributed by atoms with Crippen LogP contribution in [0.1, 0.15) is 24.7 Å². The van der Waals surface area contributed by atoms with Gasteiger partial charge in [-0.25, -0.2) is 4.98 Å². The van der Waals surface area contributed by atoms with E-state index in [1.165, 1.54) is 0 Å². The number of carbonyl (C=O) groups is 1. The number of ether oxygens (including phenoxy) is 2. The van der Waals surface area contributed by atoms with Crippen molar-refractivity contribution in [3.05, 3.63) is 42.0 Å². The third kappa shape index (κ3) is 3.34. The van der Waals surface area contributed by atoms with E-state index in [1.807, 2.05) is 37.5 Å². The molecule has 0 spiro atoms. The summed E-state index contributed by atoms with van der Waals surface area (Å²) in [6.45, 7) is 3.80. The Morgan fingerprint density at radius 3 is 3.28 bits per heavy atom. The van der Waals surface area contributed by atoms with Crippen molar-refractivity contribution in [1.29, 1.82) is 0 Å². The van der Waals surface area contributed by atoms with Gasteiger partial charge in [0.05, 0.1) is 12.5 Å². The molecule has 25 heavy (non-hydrogen) atoms. The number of carbonyl (C=O) groups excluding carboxylic acids is 1. The van der Waals surface area contributed by atoms with Crippen LogP contribution in [0, 0.1) is 5.92 Å². The lowest BCUT2D eigenvalue weighted by atomic mass is 9.95. The molecule has 0 fully saturated rings. The van der Waals surface area contributed by atoms with Gasteiger partial charge in [0, 0.05) is 31.4 Å². The van der Waals surface area contributed by atoms with Crippen molar-refractivity contribution in [2.75, 3.05) is 13.2 Å². The van der Waals surface area contributed by atoms with Gasteiger partial charge in [0.1, 0.15) is 23.9 Å². The van der Waals surface area contributed by atoms with E-state index >= 15 is 0 Å². The first-order valence-electron chi connectivity index (χ1n) is 8.92. The zero-order valence-electron chi connectivity index (χ0n) is 14.4. The van der Waals surface area contributed by atoms with E-state index in [2.05, 4.69) is 14.9 Å². The van der Waals surface area contributed by atoms with Crippen LogP contribution in [-0.2, 0) is 24.2 Å². The highest BCUT2D eigenvalue weighted by Gasteiger charge is 2.29. The Morgan fingerprint density at radius 1 is 1.48 bits per heavy atom. The number of benzene rings is 1. The third-order valence-corrected chi connectivity index (χ3v) is 4.90. The number of imidazole rings is 1. The second-order valence-electron chi connectivity index (χ2n) is 6.65. The molecule has 0 saturated heterocycles. The zero-order valence-corrected chi connectivity index (χ0v) is 14.4. The lowest BCUT2D eigenvalue weighted by molar-refractivity contribution is -0.127. The molecule has 6 heteroatoms. The normalized spacial score (nSPS) is 21.6. The molecule has 1 aromatic carbocycles. The summed E-state index contributed by atoms with van der Waals surface area (Å²) in [4.78, 5) is 17.0. The highest BCUT2D eigenvalue weighted by molar-refractivity contribution is 5.80. The van der Waals surface area contributed by atoms with Gasteiger partial charge in [0.25, 0.3) is 0 Å². The summed E-state index contributed by atoms with van der Waals surface area (Å²) >= 11 is 0. The largest absolute Gasteiger partial charge is 0.494 e. The molecule has 1 amide bonds. The number of amides is 1. The highest BCUT2D eigenvalue weighted by atomic mass is 16.5. The summed E-state index contributed by atoms with van der Waals surface area (Å²) in [5, 5.41) is 3.19. The number of rotatable bonds is 4. The predicted molar refractivity (Wildman–Crippen MR) is 92.8 cm³/mol. The fourth-order valence-electron chi connectivity index (χ4n) is 3.60. The highest BCUT2D eigenvalue weighted by Crippen LogP contribution is 2.31. The van der Waals surface area contributed by atoms with Gasteiger partial charge in [-0.05, 0) is 43.5 Å². The maximum Gasteiger partial charge on any atom is 0.227 e. The van der Waals surface area contributed by atoms with Crippen LogP contribution < -0.4 is 14.8 Å². The lowest BCUT2D eigenvalue weighted by Gasteiger charge is -2.29. The van der Waals surface area contributed by atoms with Crippen molar-refractivity contribution in [3.8, 4) is 11.5 Å². The summed E-state index contributed by atoms with van der Waals surface area (Å²) in [5.74, 6) is 2.69. The Bertz CT molecular complexity index is 771. The molecule has 132 valence electrons. The summed E-state index contributed by atoms with van der Waals surface area (Å²) in [5.41, 5.74) is 1.04. The van der Waals surface area contributed by atoms with Crippen LogP contribution >= 0.6 is 0 Å². The van der Waals surface area contributed by atoms with Gasteiger partial charge in [0.2, 0.25) is 5.91 Å². The molecular formula is C19H23N3O3. The molecule has 1 aromatic heterocycles. The van der Waals surface area contributed by atoms with Gasteiger partial charge in [-0.1, -0.05) is 0 Å². The standard InChI is InChI=1S/C19H23N3O3/c1-2-24-16-4-5-17-13(10-16)9-14(12-25-17)19(23)21-15-3-6-18-20-7-8-22(18)11-15/h4-5,7-8,10,14-15H,2-3,6,9,11-12H2,1H3,(H,21,23)/t14-,15+/m0/s1. The average Bonchev–Trinajstić information content (AvgIpc) is 3.09. The average molecular weight is 341 g/mol. The molecule has 4 rings (SSSR count). The summed E-state index contributed by atoms with van der Waals surface area (Å²) < 4.78 is 13.5. The van der Waals surface area contributed by atoms with Gasteiger partial charge in [-0.15, -0.1) is 0 Å². The monoisotopic (exact) mass is 341 g/mol. The molecule has 0 aliphatic carbocycles. The molecule has 0 bridgehead atoms. The number of nitrogens with one attached hydrogen (secondary N) is 1. The molecule has 3 heterocycles. The van der Waals surface area contributed by atoms with Gasteiger partial charge in [-0.3, -0.25) is 4.79 Å². The van der Waals surface area contributed by atoms with E-state index in [4.69, 9.17) is 9.47 Å². The smallest absolute Gasteiger partial charge is 0.227 e. The minimum Gasteiger partial charge on any atom is -0.494 e. The van der Waals surface area contributed by atoms with E-state index in [0.29, 0.717) is 19.6 Å². The molecular weight excluding hydrogens is 318 g/mol.